The molecule has 0 bridgehead atoms. The first kappa shape index (κ1) is 13.4. The number of aryl methyl sites for hydroxylation is 1. The maximum absolute atomic E-state index is 11.9. The lowest BCUT2D eigenvalue weighted by Gasteiger charge is -2.08. The van der Waals surface area contributed by atoms with Gasteiger partial charge in [-0.2, -0.15) is 0 Å². The van der Waals surface area contributed by atoms with Gasteiger partial charge in [-0.15, -0.1) is 0 Å². The highest BCUT2D eigenvalue weighted by Gasteiger charge is 2.07. The fourth-order valence-electron chi connectivity index (χ4n) is 1.77. The molecule has 98 valence electrons. The van der Waals surface area contributed by atoms with Crippen molar-refractivity contribution in [3.05, 3.63) is 58.6 Å². The van der Waals surface area contributed by atoms with Crippen LogP contribution in [0.3, 0.4) is 0 Å². The zero-order chi connectivity index (χ0) is 13.8. The van der Waals surface area contributed by atoms with Crippen molar-refractivity contribution in [3.8, 4) is 5.75 Å². The largest absolute Gasteiger partial charge is 0.508 e. The van der Waals surface area contributed by atoms with E-state index in [1.165, 1.54) is 0 Å². The minimum Gasteiger partial charge on any atom is -0.508 e. The van der Waals surface area contributed by atoms with Crippen LogP contribution in [0.5, 0.6) is 5.75 Å². The zero-order valence-electron chi connectivity index (χ0n) is 10.5. The maximum Gasteiger partial charge on any atom is 0.228 e. The number of phenols is 1. The summed E-state index contributed by atoms with van der Waals surface area (Å²) >= 11 is 6.05. The zero-order valence-corrected chi connectivity index (χ0v) is 11.2. The Kier molecular flexibility index (Phi) is 4.07. The van der Waals surface area contributed by atoms with Gasteiger partial charge in [-0.05, 0) is 42.3 Å². The molecule has 0 aliphatic heterocycles. The smallest absolute Gasteiger partial charge is 0.228 e. The number of carbonyl (C=O) groups excluding carboxylic acids is 1. The summed E-state index contributed by atoms with van der Waals surface area (Å²) in [6, 6.07) is 12.1. The monoisotopic (exact) mass is 275 g/mol. The molecule has 0 unspecified atom stereocenters. The Balaban J connectivity index is 2.05. The molecule has 2 rings (SSSR count). The van der Waals surface area contributed by atoms with Crippen LogP contribution in [0.15, 0.2) is 42.5 Å². The molecule has 0 fully saturated rings. The number of nitrogens with one attached hydrogen (secondary N) is 1. The Bertz CT molecular complexity index is 611. The van der Waals surface area contributed by atoms with Crippen molar-refractivity contribution in [2.24, 2.45) is 0 Å². The van der Waals surface area contributed by atoms with E-state index < -0.39 is 0 Å². The van der Waals surface area contributed by atoms with Crippen LogP contribution in [-0.4, -0.2) is 11.0 Å². The van der Waals surface area contributed by atoms with Crippen molar-refractivity contribution >= 4 is 23.2 Å². The van der Waals surface area contributed by atoms with E-state index in [4.69, 9.17) is 11.6 Å². The quantitative estimate of drug-likeness (QED) is 0.900. The van der Waals surface area contributed by atoms with Crippen molar-refractivity contribution in [1.82, 2.24) is 0 Å². The summed E-state index contributed by atoms with van der Waals surface area (Å²) in [6.07, 6.45) is 0.193. The SMILES string of the molecule is Cc1ccc(NC(=O)Cc2cccc(O)c2)c(Cl)c1. The Labute approximate surface area is 116 Å². The molecule has 0 saturated heterocycles. The fraction of sp³-hybridized carbons (Fsp3) is 0.133. The number of halogens is 1. The van der Waals surface area contributed by atoms with E-state index in [2.05, 4.69) is 5.32 Å². The van der Waals surface area contributed by atoms with E-state index >= 15 is 0 Å². The van der Waals surface area contributed by atoms with Gasteiger partial charge in [-0.1, -0.05) is 29.8 Å². The summed E-state index contributed by atoms with van der Waals surface area (Å²) in [5.74, 6) is -0.0185. The topological polar surface area (TPSA) is 49.3 Å². The fourth-order valence-corrected chi connectivity index (χ4v) is 2.05. The van der Waals surface area contributed by atoms with E-state index in [0.717, 1.165) is 11.1 Å². The highest BCUT2D eigenvalue weighted by Crippen LogP contribution is 2.23. The number of amides is 1. The molecule has 0 heterocycles. The Morgan fingerprint density at radius 2 is 2.05 bits per heavy atom. The molecule has 0 aliphatic rings. The van der Waals surface area contributed by atoms with Crippen LogP contribution in [0.4, 0.5) is 5.69 Å². The minimum absolute atomic E-state index is 0.152. The minimum atomic E-state index is -0.170. The molecular formula is C15H14ClNO2. The van der Waals surface area contributed by atoms with Crippen molar-refractivity contribution in [1.29, 1.82) is 0 Å². The predicted molar refractivity (Wildman–Crippen MR) is 76.6 cm³/mol. The number of phenolic OH excluding ortho intramolecular Hbond substituents is 1. The van der Waals surface area contributed by atoms with Crippen molar-refractivity contribution < 1.29 is 9.90 Å². The second-order valence-electron chi connectivity index (χ2n) is 4.38. The molecule has 4 heteroatoms. The third-order valence-electron chi connectivity index (χ3n) is 2.67. The van der Waals surface area contributed by atoms with E-state index in [0.29, 0.717) is 10.7 Å². The van der Waals surface area contributed by atoms with E-state index in [-0.39, 0.29) is 18.1 Å². The molecule has 19 heavy (non-hydrogen) atoms. The first-order valence-corrected chi connectivity index (χ1v) is 6.26. The highest BCUT2D eigenvalue weighted by atomic mass is 35.5. The summed E-state index contributed by atoms with van der Waals surface area (Å²) in [4.78, 5) is 11.9. The van der Waals surface area contributed by atoms with Crippen molar-refractivity contribution in [3.63, 3.8) is 0 Å². The van der Waals surface area contributed by atoms with Crippen LogP contribution in [-0.2, 0) is 11.2 Å². The van der Waals surface area contributed by atoms with Crippen LogP contribution in [0.1, 0.15) is 11.1 Å². The predicted octanol–water partition coefficient (Wildman–Crippen LogP) is 3.54. The molecule has 1 amide bonds. The average molecular weight is 276 g/mol. The van der Waals surface area contributed by atoms with Gasteiger partial charge in [0.15, 0.2) is 0 Å². The Morgan fingerprint density at radius 1 is 1.26 bits per heavy atom. The number of hydrogen-bond acceptors (Lipinski definition) is 2. The van der Waals surface area contributed by atoms with Gasteiger partial charge >= 0.3 is 0 Å². The van der Waals surface area contributed by atoms with Crippen LogP contribution in [0.2, 0.25) is 5.02 Å². The van der Waals surface area contributed by atoms with Gasteiger partial charge in [0.1, 0.15) is 5.75 Å². The summed E-state index contributed by atoms with van der Waals surface area (Å²) in [5.41, 5.74) is 2.38. The number of anilines is 1. The average Bonchev–Trinajstić information content (AvgIpc) is 2.33. The van der Waals surface area contributed by atoms with Crippen molar-refractivity contribution in [2.45, 2.75) is 13.3 Å². The molecule has 0 spiro atoms. The highest BCUT2D eigenvalue weighted by molar-refractivity contribution is 6.33. The third kappa shape index (κ3) is 3.73. The van der Waals surface area contributed by atoms with Crippen LogP contribution in [0, 0.1) is 6.92 Å². The summed E-state index contributed by atoms with van der Waals surface area (Å²) in [7, 11) is 0. The van der Waals surface area contributed by atoms with Gasteiger partial charge in [-0.3, -0.25) is 4.79 Å². The Hall–Kier alpha value is -2.00. The number of aromatic hydroxyl groups is 1. The molecule has 0 aromatic heterocycles. The lowest BCUT2D eigenvalue weighted by molar-refractivity contribution is -0.115. The summed E-state index contributed by atoms with van der Waals surface area (Å²) in [5, 5.41) is 12.6. The van der Waals surface area contributed by atoms with Crippen LogP contribution >= 0.6 is 11.6 Å². The first-order valence-electron chi connectivity index (χ1n) is 5.88. The molecule has 3 nitrogen and oxygen atoms in total. The standard InChI is InChI=1S/C15H14ClNO2/c1-10-5-6-14(13(16)7-10)17-15(19)9-11-3-2-4-12(18)8-11/h2-8,18H,9H2,1H3,(H,17,19). The van der Waals surface area contributed by atoms with Gasteiger partial charge in [0.05, 0.1) is 17.1 Å². The second-order valence-corrected chi connectivity index (χ2v) is 4.79. The van der Waals surface area contributed by atoms with Crippen LogP contribution < -0.4 is 5.32 Å². The van der Waals surface area contributed by atoms with Gasteiger partial charge in [0.25, 0.3) is 0 Å². The number of rotatable bonds is 3. The number of benzene rings is 2. The van der Waals surface area contributed by atoms with Crippen molar-refractivity contribution in [2.75, 3.05) is 5.32 Å². The molecule has 2 aromatic rings. The van der Waals surface area contributed by atoms with E-state index in [9.17, 15) is 9.90 Å². The van der Waals surface area contributed by atoms with Crippen LogP contribution in [0.25, 0.3) is 0 Å². The molecule has 2 aromatic carbocycles. The first-order chi connectivity index (χ1) is 9.04. The summed E-state index contributed by atoms with van der Waals surface area (Å²) < 4.78 is 0. The van der Waals surface area contributed by atoms with Gasteiger partial charge < -0.3 is 10.4 Å². The lowest BCUT2D eigenvalue weighted by atomic mass is 10.1. The lowest BCUT2D eigenvalue weighted by Crippen LogP contribution is -2.14. The number of carbonyl (C=O) groups is 1. The second kappa shape index (κ2) is 5.76. The molecule has 0 aliphatic carbocycles. The normalized spacial score (nSPS) is 10.2. The molecule has 0 radical (unpaired) electrons. The van der Waals surface area contributed by atoms with Gasteiger partial charge in [0.2, 0.25) is 5.91 Å². The molecule has 0 saturated carbocycles. The molecular weight excluding hydrogens is 262 g/mol. The van der Waals surface area contributed by atoms with E-state index in [1.807, 2.05) is 13.0 Å². The van der Waals surface area contributed by atoms with E-state index in [1.54, 1.807) is 36.4 Å². The number of hydrogen-bond donors (Lipinski definition) is 2. The molecule has 2 N–H and O–H groups in total. The Morgan fingerprint density at radius 3 is 2.74 bits per heavy atom. The summed E-state index contributed by atoms with van der Waals surface area (Å²) in [6.45, 7) is 1.93. The maximum atomic E-state index is 11.9. The van der Waals surface area contributed by atoms with Gasteiger partial charge in [0, 0.05) is 0 Å². The van der Waals surface area contributed by atoms with Gasteiger partial charge in [-0.25, -0.2) is 0 Å². The molecule has 0 atom stereocenters. The third-order valence-corrected chi connectivity index (χ3v) is 2.99.